The van der Waals surface area contributed by atoms with E-state index in [1.165, 1.54) is 24.0 Å². The van der Waals surface area contributed by atoms with Gasteiger partial charge in [0.1, 0.15) is 5.75 Å². The van der Waals surface area contributed by atoms with E-state index in [0.717, 1.165) is 24.6 Å². The molecule has 0 saturated heterocycles. The van der Waals surface area contributed by atoms with Crippen molar-refractivity contribution in [3.05, 3.63) is 29.3 Å². The van der Waals surface area contributed by atoms with E-state index in [0.29, 0.717) is 6.04 Å². The van der Waals surface area contributed by atoms with Gasteiger partial charge in [0.15, 0.2) is 0 Å². The molecule has 0 amide bonds. The highest BCUT2D eigenvalue weighted by atomic mass is 16.5. The molecule has 2 nitrogen and oxygen atoms in total. The number of nitrogens with one attached hydrogen (secondary N) is 1. The average Bonchev–Trinajstić information content (AvgIpc) is 3.11. The predicted octanol–water partition coefficient (Wildman–Crippen LogP) is 3.07. The van der Waals surface area contributed by atoms with Crippen LogP contribution in [0.3, 0.4) is 0 Å². The largest absolute Gasteiger partial charge is 0.491 e. The van der Waals surface area contributed by atoms with Crippen LogP contribution in [0.25, 0.3) is 0 Å². The molecule has 1 aromatic carbocycles. The lowest BCUT2D eigenvalue weighted by Gasteiger charge is -2.27. The zero-order valence-corrected chi connectivity index (χ0v) is 10.7. The third kappa shape index (κ3) is 2.32. The van der Waals surface area contributed by atoms with Crippen LogP contribution in [0.5, 0.6) is 5.75 Å². The highest BCUT2D eigenvalue weighted by Crippen LogP contribution is 2.44. The fraction of sp³-hybridized carbons (Fsp3) is 0.600. The normalized spacial score (nSPS) is 23.6. The van der Waals surface area contributed by atoms with E-state index in [-0.39, 0.29) is 6.10 Å². The van der Waals surface area contributed by atoms with Gasteiger partial charge in [0.2, 0.25) is 0 Å². The molecule has 1 unspecified atom stereocenters. The van der Waals surface area contributed by atoms with Gasteiger partial charge in [-0.3, -0.25) is 0 Å². The van der Waals surface area contributed by atoms with Crippen molar-refractivity contribution in [1.82, 2.24) is 5.32 Å². The Morgan fingerprint density at radius 2 is 2.12 bits per heavy atom. The summed E-state index contributed by atoms with van der Waals surface area (Å²) in [7, 11) is 0. The van der Waals surface area contributed by atoms with E-state index in [1.807, 2.05) is 0 Å². The molecular formula is C15H21NO. The lowest BCUT2D eigenvalue weighted by molar-refractivity contribution is 0.241. The highest BCUT2D eigenvalue weighted by Gasteiger charge is 2.34. The Morgan fingerprint density at radius 1 is 1.29 bits per heavy atom. The first-order valence-electron chi connectivity index (χ1n) is 6.77. The van der Waals surface area contributed by atoms with Crippen LogP contribution < -0.4 is 10.1 Å². The van der Waals surface area contributed by atoms with E-state index < -0.39 is 0 Å². The summed E-state index contributed by atoms with van der Waals surface area (Å²) in [5, 5.41) is 3.66. The number of rotatable bonds is 3. The minimum absolute atomic E-state index is 0.254. The van der Waals surface area contributed by atoms with Gasteiger partial charge in [-0.15, -0.1) is 0 Å². The number of fused-ring (bicyclic) bond motifs is 1. The summed E-state index contributed by atoms with van der Waals surface area (Å²) in [5.41, 5.74) is 2.99. The number of hydrogen-bond donors (Lipinski definition) is 1. The fourth-order valence-corrected chi connectivity index (χ4v) is 2.76. The lowest BCUT2D eigenvalue weighted by atomic mass is 9.91. The molecule has 0 bridgehead atoms. The van der Waals surface area contributed by atoms with E-state index in [9.17, 15) is 0 Å². The molecule has 0 spiro atoms. The number of ether oxygens (including phenoxy) is 1. The van der Waals surface area contributed by atoms with Crippen LogP contribution in [0.1, 0.15) is 43.9 Å². The predicted molar refractivity (Wildman–Crippen MR) is 69.4 cm³/mol. The Labute approximate surface area is 103 Å². The molecule has 1 fully saturated rings. The molecule has 2 heteroatoms. The summed E-state index contributed by atoms with van der Waals surface area (Å²) in [6, 6.07) is 7.21. The monoisotopic (exact) mass is 231 g/mol. The van der Waals surface area contributed by atoms with Crippen molar-refractivity contribution >= 4 is 0 Å². The van der Waals surface area contributed by atoms with E-state index in [2.05, 4.69) is 37.4 Å². The third-order valence-electron chi connectivity index (χ3n) is 3.68. The van der Waals surface area contributed by atoms with Gasteiger partial charge in [0, 0.05) is 6.04 Å². The lowest BCUT2D eigenvalue weighted by Crippen LogP contribution is -2.31. The van der Waals surface area contributed by atoms with Crippen LogP contribution >= 0.6 is 0 Å². The first-order valence-corrected chi connectivity index (χ1v) is 6.77. The summed E-state index contributed by atoms with van der Waals surface area (Å²) >= 11 is 0. The summed E-state index contributed by atoms with van der Waals surface area (Å²) < 4.78 is 5.80. The van der Waals surface area contributed by atoms with Crippen molar-refractivity contribution in [2.75, 3.05) is 6.54 Å². The second-order valence-electron chi connectivity index (χ2n) is 5.55. The number of benzene rings is 1. The molecule has 1 aliphatic carbocycles. The van der Waals surface area contributed by atoms with Crippen molar-refractivity contribution in [2.24, 2.45) is 5.92 Å². The molecule has 3 rings (SSSR count). The molecule has 1 aliphatic heterocycles. The second kappa shape index (κ2) is 4.34. The Morgan fingerprint density at radius 3 is 2.82 bits per heavy atom. The Hall–Kier alpha value is -1.02. The molecule has 1 aromatic rings. The van der Waals surface area contributed by atoms with Crippen molar-refractivity contribution in [3.8, 4) is 5.75 Å². The van der Waals surface area contributed by atoms with Crippen molar-refractivity contribution in [1.29, 1.82) is 0 Å². The summed E-state index contributed by atoms with van der Waals surface area (Å²) in [5.74, 6) is 1.89. The standard InChI is InChI=1S/C15H21NO/c1-10(2)17-13-6-5-11-7-8-16-15(12-3-4-12)14(11)9-13/h5-6,9-10,12,15-16H,3-4,7-8H2,1-2H3. The van der Waals surface area contributed by atoms with Crippen LogP contribution in [0.2, 0.25) is 0 Å². The van der Waals surface area contributed by atoms with E-state index in [1.54, 1.807) is 0 Å². The molecule has 92 valence electrons. The Balaban J connectivity index is 1.89. The summed E-state index contributed by atoms with van der Waals surface area (Å²) in [4.78, 5) is 0. The first kappa shape index (κ1) is 11.1. The van der Waals surface area contributed by atoms with Gasteiger partial charge in [0.25, 0.3) is 0 Å². The maximum atomic E-state index is 5.80. The summed E-state index contributed by atoms with van der Waals surface area (Å²) in [6.07, 6.45) is 4.17. The quantitative estimate of drug-likeness (QED) is 0.863. The van der Waals surface area contributed by atoms with Crippen molar-refractivity contribution in [3.63, 3.8) is 0 Å². The third-order valence-corrected chi connectivity index (χ3v) is 3.68. The molecule has 2 aliphatic rings. The zero-order valence-electron chi connectivity index (χ0n) is 10.7. The first-order chi connectivity index (χ1) is 8.24. The topological polar surface area (TPSA) is 21.3 Å². The van der Waals surface area contributed by atoms with Gasteiger partial charge in [-0.2, -0.15) is 0 Å². The molecule has 17 heavy (non-hydrogen) atoms. The molecule has 1 N–H and O–H groups in total. The Kier molecular flexibility index (Phi) is 2.83. The summed E-state index contributed by atoms with van der Waals surface area (Å²) in [6.45, 7) is 5.28. The van der Waals surface area contributed by atoms with Crippen LogP contribution in [0, 0.1) is 5.92 Å². The SMILES string of the molecule is CC(C)Oc1ccc2c(c1)C(C1CC1)NCC2. The minimum atomic E-state index is 0.254. The molecule has 1 atom stereocenters. The average molecular weight is 231 g/mol. The Bertz CT molecular complexity index is 409. The van der Waals surface area contributed by atoms with Crippen LogP contribution in [0.15, 0.2) is 18.2 Å². The van der Waals surface area contributed by atoms with Gasteiger partial charge >= 0.3 is 0 Å². The molecular weight excluding hydrogens is 210 g/mol. The van der Waals surface area contributed by atoms with Crippen molar-refractivity contribution in [2.45, 2.75) is 45.3 Å². The van der Waals surface area contributed by atoms with Gasteiger partial charge in [-0.1, -0.05) is 6.07 Å². The van der Waals surface area contributed by atoms with Gasteiger partial charge < -0.3 is 10.1 Å². The van der Waals surface area contributed by atoms with Gasteiger partial charge in [-0.05, 0) is 68.8 Å². The van der Waals surface area contributed by atoms with E-state index in [4.69, 9.17) is 4.74 Å². The second-order valence-corrected chi connectivity index (χ2v) is 5.55. The van der Waals surface area contributed by atoms with Crippen molar-refractivity contribution < 1.29 is 4.74 Å². The minimum Gasteiger partial charge on any atom is -0.491 e. The smallest absolute Gasteiger partial charge is 0.120 e. The number of hydrogen-bond acceptors (Lipinski definition) is 2. The molecule has 1 saturated carbocycles. The van der Waals surface area contributed by atoms with Gasteiger partial charge in [-0.25, -0.2) is 0 Å². The van der Waals surface area contributed by atoms with Crippen LogP contribution in [0.4, 0.5) is 0 Å². The van der Waals surface area contributed by atoms with Crippen LogP contribution in [-0.4, -0.2) is 12.6 Å². The maximum Gasteiger partial charge on any atom is 0.120 e. The molecule has 0 aromatic heterocycles. The molecule has 0 radical (unpaired) electrons. The van der Waals surface area contributed by atoms with Gasteiger partial charge in [0.05, 0.1) is 6.10 Å². The fourth-order valence-electron chi connectivity index (χ4n) is 2.76. The zero-order chi connectivity index (χ0) is 11.8. The molecule has 1 heterocycles. The maximum absolute atomic E-state index is 5.80. The van der Waals surface area contributed by atoms with Crippen LogP contribution in [-0.2, 0) is 6.42 Å². The van der Waals surface area contributed by atoms with E-state index >= 15 is 0 Å². The highest BCUT2D eigenvalue weighted by molar-refractivity contribution is 5.40.